The lowest BCUT2D eigenvalue weighted by Crippen LogP contribution is -2.27. The molecule has 0 radical (unpaired) electrons. The van der Waals surface area contributed by atoms with Gasteiger partial charge in [0.15, 0.2) is 0 Å². The molecule has 27 heavy (non-hydrogen) atoms. The zero-order chi connectivity index (χ0) is 19.4. The first-order chi connectivity index (χ1) is 13.0. The van der Waals surface area contributed by atoms with Gasteiger partial charge in [-0.05, 0) is 44.0 Å². The minimum absolute atomic E-state index is 0.0120. The van der Waals surface area contributed by atoms with Crippen molar-refractivity contribution >= 4 is 52.5 Å². The molecule has 142 valence electrons. The molecule has 1 atom stereocenters. The van der Waals surface area contributed by atoms with Gasteiger partial charge in [-0.1, -0.05) is 41.0 Å². The molecule has 0 bridgehead atoms. The molecule has 1 N–H and O–H groups in total. The molecule has 3 rings (SSSR count). The van der Waals surface area contributed by atoms with E-state index in [1.54, 1.807) is 43.5 Å². The van der Waals surface area contributed by atoms with Gasteiger partial charge in [-0.25, -0.2) is 4.98 Å². The Kier molecular flexibility index (Phi) is 6.63. The van der Waals surface area contributed by atoms with Gasteiger partial charge in [-0.2, -0.15) is 0 Å². The van der Waals surface area contributed by atoms with Crippen LogP contribution >= 0.6 is 35.0 Å². The van der Waals surface area contributed by atoms with Gasteiger partial charge >= 0.3 is 0 Å². The van der Waals surface area contributed by atoms with E-state index in [2.05, 4.69) is 10.3 Å². The standard InChI is InChI=1S/C19H19Cl2N3O2S/c1-12(18(25)23-15-6-4-5-14(20)17(15)21)27-16-8-7-13(11-22-16)19(26)24-9-2-3-10-24/h4-8,11-12H,2-3,9-10H2,1H3,(H,23,25). The van der Waals surface area contributed by atoms with Crippen molar-refractivity contribution in [2.24, 2.45) is 0 Å². The van der Waals surface area contributed by atoms with Crippen molar-refractivity contribution in [1.82, 2.24) is 9.88 Å². The zero-order valence-corrected chi connectivity index (χ0v) is 17.1. The number of pyridine rings is 1. The third kappa shape index (κ3) is 4.94. The molecule has 1 aliphatic heterocycles. The molecule has 1 aromatic heterocycles. The van der Waals surface area contributed by atoms with E-state index >= 15 is 0 Å². The number of nitrogens with zero attached hydrogens (tertiary/aromatic N) is 2. The Morgan fingerprint density at radius 3 is 2.59 bits per heavy atom. The second-order valence-corrected chi connectivity index (χ2v) is 8.38. The van der Waals surface area contributed by atoms with Crippen molar-refractivity contribution in [1.29, 1.82) is 0 Å². The van der Waals surface area contributed by atoms with Crippen LogP contribution in [-0.4, -0.2) is 40.0 Å². The first kappa shape index (κ1) is 20.0. The number of benzene rings is 1. The third-order valence-corrected chi connectivity index (χ3v) is 6.12. The molecule has 8 heteroatoms. The van der Waals surface area contributed by atoms with Crippen LogP contribution in [0.3, 0.4) is 0 Å². The summed E-state index contributed by atoms with van der Waals surface area (Å²) in [5.74, 6) is -0.193. The summed E-state index contributed by atoms with van der Waals surface area (Å²) in [5, 5.41) is 3.75. The molecular formula is C19H19Cl2N3O2S. The Morgan fingerprint density at radius 1 is 1.19 bits per heavy atom. The van der Waals surface area contributed by atoms with Crippen molar-refractivity contribution in [2.75, 3.05) is 18.4 Å². The highest BCUT2D eigenvalue weighted by atomic mass is 35.5. The molecule has 1 unspecified atom stereocenters. The summed E-state index contributed by atoms with van der Waals surface area (Å²) in [4.78, 5) is 30.9. The second kappa shape index (κ2) is 8.95. The van der Waals surface area contributed by atoms with Crippen LogP contribution in [0.1, 0.15) is 30.1 Å². The fourth-order valence-electron chi connectivity index (χ4n) is 2.75. The maximum absolute atomic E-state index is 12.4. The van der Waals surface area contributed by atoms with Gasteiger partial charge in [0, 0.05) is 19.3 Å². The molecule has 2 aromatic rings. The monoisotopic (exact) mass is 423 g/mol. The smallest absolute Gasteiger partial charge is 0.255 e. The van der Waals surface area contributed by atoms with Gasteiger partial charge < -0.3 is 10.2 Å². The van der Waals surface area contributed by atoms with Crippen LogP contribution in [0.2, 0.25) is 10.0 Å². The molecule has 0 spiro atoms. The van der Waals surface area contributed by atoms with E-state index in [-0.39, 0.29) is 11.8 Å². The van der Waals surface area contributed by atoms with Crippen LogP contribution in [0, 0.1) is 0 Å². The van der Waals surface area contributed by atoms with E-state index in [1.807, 2.05) is 4.90 Å². The predicted octanol–water partition coefficient (Wildman–Crippen LogP) is 4.74. The molecule has 1 fully saturated rings. The number of halogens is 2. The van der Waals surface area contributed by atoms with Gasteiger partial charge in [0.1, 0.15) is 0 Å². The molecule has 0 saturated carbocycles. The normalized spacial score (nSPS) is 14.9. The van der Waals surface area contributed by atoms with Crippen molar-refractivity contribution in [2.45, 2.75) is 30.0 Å². The average molecular weight is 424 g/mol. The van der Waals surface area contributed by atoms with E-state index < -0.39 is 5.25 Å². The number of anilines is 1. The lowest BCUT2D eigenvalue weighted by Gasteiger charge is -2.15. The molecule has 1 aliphatic rings. The Labute approximate surface area is 172 Å². The summed E-state index contributed by atoms with van der Waals surface area (Å²) in [6.45, 7) is 3.39. The summed E-state index contributed by atoms with van der Waals surface area (Å²) < 4.78 is 0. The van der Waals surface area contributed by atoms with E-state index in [0.717, 1.165) is 25.9 Å². The number of amides is 2. The summed E-state index contributed by atoms with van der Waals surface area (Å²) in [6, 6.07) is 8.60. The fourth-order valence-corrected chi connectivity index (χ4v) is 3.88. The maximum atomic E-state index is 12.4. The minimum Gasteiger partial charge on any atom is -0.339 e. The van der Waals surface area contributed by atoms with Crippen molar-refractivity contribution in [3.63, 3.8) is 0 Å². The molecule has 2 heterocycles. The second-order valence-electron chi connectivity index (χ2n) is 6.24. The summed E-state index contributed by atoms with van der Waals surface area (Å²) in [7, 11) is 0. The molecular weight excluding hydrogens is 405 g/mol. The van der Waals surface area contributed by atoms with E-state index in [9.17, 15) is 9.59 Å². The Bertz CT molecular complexity index is 839. The van der Waals surface area contributed by atoms with Crippen LogP contribution in [0.15, 0.2) is 41.6 Å². The number of thioether (sulfide) groups is 1. The maximum Gasteiger partial charge on any atom is 0.255 e. The number of carbonyl (C=O) groups excluding carboxylic acids is 2. The number of hydrogen-bond donors (Lipinski definition) is 1. The van der Waals surface area contributed by atoms with Crippen LogP contribution in [-0.2, 0) is 4.79 Å². The number of aromatic nitrogens is 1. The van der Waals surface area contributed by atoms with Crippen LogP contribution in [0.5, 0.6) is 0 Å². The minimum atomic E-state index is -0.396. The zero-order valence-electron chi connectivity index (χ0n) is 14.7. The van der Waals surface area contributed by atoms with Crippen molar-refractivity contribution < 1.29 is 9.59 Å². The van der Waals surface area contributed by atoms with Gasteiger partial charge in [0.05, 0.1) is 31.6 Å². The molecule has 1 aromatic carbocycles. The first-order valence-electron chi connectivity index (χ1n) is 8.62. The average Bonchev–Trinajstić information content (AvgIpc) is 3.20. The third-order valence-electron chi connectivity index (χ3n) is 4.25. The fraction of sp³-hybridized carbons (Fsp3) is 0.316. The van der Waals surface area contributed by atoms with Crippen molar-refractivity contribution in [3.05, 3.63) is 52.1 Å². The molecule has 5 nitrogen and oxygen atoms in total. The topological polar surface area (TPSA) is 62.3 Å². The number of likely N-dealkylation sites (tertiary alicyclic amines) is 1. The summed E-state index contributed by atoms with van der Waals surface area (Å²) in [5.41, 5.74) is 1.05. The highest BCUT2D eigenvalue weighted by Crippen LogP contribution is 2.30. The lowest BCUT2D eigenvalue weighted by atomic mass is 10.2. The SMILES string of the molecule is CC(Sc1ccc(C(=O)N2CCCC2)cn1)C(=O)Nc1cccc(Cl)c1Cl. The molecule has 1 saturated heterocycles. The van der Waals surface area contributed by atoms with Gasteiger partial charge in [0.25, 0.3) is 5.91 Å². The van der Waals surface area contributed by atoms with Gasteiger partial charge in [-0.15, -0.1) is 0 Å². The largest absolute Gasteiger partial charge is 0.339 e. The molecule has 0 aliphatic carbocycles. The lowest BCUT2D eigenvalue weighted by molar-refractivity contribution is -0.115. The summed E-state index contributed by atoms with van der Waals surface area (Å²) in [6.07, 6.45) is 3.67. The number of rotatable bonds is 5. The Morgan fingerprint density at radius 2 is 1.93 bits per heavy atom. The highest BCUT2D eigenvalue weighted by molar-refractivity contribution is 8.00. The number of nitrogens with one attached hydrogen (secondary N) is 1. The number of hydrogen-bond acceptors (Lipinski definition) is 4. The summed E-state index contributed by atoms with van der Waals surface area (Å²) >= 11 is 13.4. The van der Waals surface area contributed by atoms with E-state index in [0.29, 0.717) is 26.3 Å². The Balaban J connectivity index is 1.60. The van der Waals surface area contributed by atoms with Gasteiger partial charge in [-0.3, -0.25) is 9.59 Å². The van der Waals surface area contributed by atoms with E-state index in [4.69, 9.17) is 23.2 Å². The van der Waals surface area contributed by atoms with Crippen LogP contribution < -0.4 is 5.32 Å². The highest BCUT2D eigenvalue weighted by Gasteiger charge is 2.21. The van der Waals surface area contributed by atoms with Crippen molar-refractivity contribution in [3.8, 4) is 0 Å². The quantitative estimate of drug-likeness (QED) is 0.705. The molecule has 2 amide bonds. The Hall–Kier alpha value is -1.76. The predicted molar refractivity (Wildman–Crippen MR) is 110 cm³/mol. The first-order valence-corrected chi connectivity index (χ1v) is 10.3. The van der Waals surface area contributed by atoms with Crippen LogP contribution in [0.25, 0.3) is 0 Å². The van der Waals surface area contributed by atoms with E-state index in [1.165, 1.54) is 11.8 Å². The number of carbonyl (C=O) groups is 2. The van der Waals surface area contributed by atoms with Crippen LogP contribution in [0.4, 0.5) is 5.69 Å². The van der Waals surface area contributed by atoms with Gasteiger partial charge in [0.2, 0.25) is 5.91 Å².